The van der Waals surface area contributed by atoms with Crippen molar-refractivity contribution in [1.29, 1.82) is 0 Å². The molecule has 1 saturated heterocycles. The first kappa shape index (κ1) is 18.3. The van der Waals surface area contributed by atoms with Crippen molar-refractivity contribution in [2.75, 3.05) is 44.2 Å². The average molecular weight is 360 g/mol. The van der Waals surface area contributed by atoms with E-state index in [1.807, 2.05) is 20.8 Å². The molecular formula is C14H25N5O2S2. The first-order chi connectivity index (χ1) is 10.8. The topological polar surface area (TPSA) is 84.6 Å². The summed E-state index contributed by atoms with van der Waals surface area (Å²) in [7, 11) is 0. The summed E-state index contributed by atoms with van der Waals surface area (Å²) in [5.41, 5.74) is 5.13. The molecule has 2 N–H and O–H groups in total. The summed E-state index contributed by atoms with van der Waals surface area (Å²) in [5, 5.41) is 8.31. The zero-order valence-electron chi connectivity index (χ0n) is 13.9. The zero-order valence-corrected chi connectivity index (χ0v) is 15.6. The molecule has 0 spiro atoms. The number of piperazine rings is 1. The average Bonchev–Trinajstić information content (AvgIpc) is 2.88. The molecule has 1 fully saturated rings. The Balaban J connectivity index is 1.60. The van der Waals surface area contributed by atoms with Crippen LogP contribution < -0.4 is 5.73 Å². The molecule has 1 aromatic heterocycles. The monoisotopic (exact) mass is 359 g/mol. The highest BCUT2D eigenvalue weighted by Crippen LogP contribution is 2.24. The maximum Gasteiger partial charge on any atom is 0.410 e. The van der Waals surface area contributed by atoms with Gasteiger partial charge in [0.05, 0.1) is 0 Å². The number of nitrogens with zero attached hydrogens (tertiary/aromatic N) is 4. The summed E-state index contributed by atoms with van der Waals surface area (Å²) in [6, 6.07) is 0. The van der Waals surface area contributed by atoms with Gasteiger partial charge in [0.1, 0.15) is 5.60 Å². The summed E-state index contributed by atoms with van der Waals surface area (Å²) in [5.74, 6) is 1.00. The lowest BCUT2D eigenvalue weighted by molar-refractivity contribution is 0.0146. The molecule has 1 amide bonds. The molecule has 130 valence electrons. The van der Waals surface area contributed by atoms with Crippen molar-refractivity contribution < 1.29 is 9.53 Å². The molecule has 2 heterocycles. The smallest absolute Gasteiger partial charge is 0.410 e. The molecule has 1 aliphatic rings. The fraction of sp³-hybridized carbons (Fsp3) is 0.786. The first-order valence-corrected chi connectivity index (χ1v) is 9.56. The molecular weight excluding hydrogens is 334 g/mol. The van der Waals surface area contributed by atoms with Gasteiger partial charge in [0.15, 0.2) is 4.34 Å². The molecule has 2 rings (SSSR count). The van der Waals surface area contributed by atoms with Gasteiger partial charge in [-0.3, -0.25) is 4.90 Å². The highest BCUT2D eigenvalue weighted by molar-refractivity contribution is 8.01. The summed E-state index contributed by atoms with van der Waals surface area (Å²) >= 11 is 3.12. The number of aromatic nitrogens is 2. The summed E-state index contributed by atoms with van der Waals surface area (Å²) in [4.78, 5) is 16.2. The number of rotatable bonds is 5. The van der Waals surface area contributed by atoms with Crippen LogP contribution in [0.3, 0.4) is 0 Å². The Bertz CT molecular complexity index is 510. The predicted molar refractivity (Wildman–Crippen MR) is 93.9 cm³/mol. The Morgan fingerprint density at radius 3 is 2.57 bits per heavy atom. The van der Waals surface area contributed by atoms with Gasteiger partial charge in [-0.1, -0.05) is 23.1 Å². The number of thioether (sulfide) groups is 1. The van der Waals surface area contributed by atoms with Crippen LogP contribution in [-0.4, -0.2) is 70.2 Å². The summed E-state index contributed by atoms with van der Waals surface area (Å²) in [6.45, 7) is 9.97. The fourth-order valence-corrected chi connectivity index (χ4v) is 3.84. The van der Waals surface area contributed by atoms with E-state index in [2.05, 4.69) is 15.1 Å². The van der Waals surface area contributed by atoms with Crippen LogP contribution in [-0.2, 0) is 4.74 Å². The van der Waals surface area contributed by atoms with Gasteiger partial charge in [0, 0.05) is 31.9 Å². The van der Waals surface area contributed by atoms with E-state index in [-0.39, 0.29) is 6.09 Å². The number of hydrogen-bond acceptors (Lipinski definition) is 8. The maximum atomic E-state index is 12.0. The van der Waals surface area contributed by atoms with Crippen LogP contribution in [0.25, 0.3) is 0 Å². The number of carbonyl (C=O) groups is 1. The first-order valence-electron chi connectivity index (χ1n) is 7.75. The third-order valence-electron chi connectivity index (χ3n) is 3.29. The van der Waals surface area contributed by atoms with Crippen LogP contribution in [0.4, 0.5) is 9.93 Å². The lowest BCUT2D eigenvalue weighted by atomic mass is 10.2. The van der Waals surface area contributed by atoms with E-state index in [1.165, 1.54) is 11.3 Å². The molecule has 0 saturated carbocycles. The molecule has 7 nitrogen and oxygen atoms in total. The molecule has 0 aliphatic carbocycles. The highest BCUT2D eigenvalue weighted by Gasteiger charge is 2.25. The number of nitrogens with two attached hydrogens (primary N) is 1. The Hall–Kier alpha value is -1.06. The molecule has 0 unspecified atom stereocenters. The quantitative estimate of drug-likeness (QED) is 0.637. The number of amides is 1. The molecule has 0 bridgehead atoms. The SMILES string of the molecule is CC(C)(C)OC(=O)N1CCN(CCCSc2nnc(N)s2)CC1. The van der Waals surface area contributed by atoms with Crippen molar-refractivity contribution in [2.24, 2.45) is 0 Å². The second-order valence-electron chi connectivity index (χ2n) is 6.42. The number of carbonyl (C=O) groups excluding carboxylic acids is 1. The van der Waals surface area contributed by atoms with Crippen LogP contribution in [0, 0.1) is 0 Å². The van der Waals surface area contributed by atoms with Gasteiger partial charge in [-0.25, -0.2) is 4.79 Å². The largest absolute Gasteiger partial charge is 0.444 e. The minimum Gasteiger partial charge on any atom is -0.444 e. The molecule has 23 heavy (non-hydrogen) atoms. The van der Waals surface area contributed by atoms with Crippen LogP contribution >= 0.6 is 23.1 Å². The van der Waals surface area contributed by atoms with Gasteiger partial charge >= 0.3 is 6.09 Å². The Morgan fingerprint density at radius 2 is 2.00 bits per heavy atom. The zero-order chi connectivity index (χ0) is 16.9. The summed E-state index contributed by atoms with van der Waals surface area (Å²) in [6.07, 6.45) is 0.873. The van der Waals surface area contributed by atoms with Gasteiger partial charge < -0.3 is 15.4 Å². The predicted octanol–water partition coefficient (Wildman–Crippen LogP) is 2.16. The van der Waals surface area contributed by atoms with E-state index in [4.69, 9.17) is 10.5 Å². The normalized spacial score (nSPS) is 16.6. The fourth-order valence-electron chi connectivity index (χ4n) is 2.21. The van der Waals surface area contributed by atoms with E-state index < -0.39 is 5.60 Å². The van der Waals surface area contributed by atoms with E-state index in [0.29, 0.717) is 5.13 Å². The number of ether oxygens (including phenoxy) is 1. The lowest BCUT2D eigenvalue weighted by Gasteiger charge is -2.35. The second kappa shape index (κ2) is 8.16. The van der Waals surface area contributed by atoms with Crippen LogP contribution in [0.2, 0.25) is 0 Å². The van der Waals surface area contributed by atoms with Crippen molar-refractivity contribution in [2.45, 2.75) is 37.1 Å². The number of hydrogen-bond donors (Lipinski definition) is 1. The van der Waals surface area contributed by atoms with Crippen molar-refractivity contribution in [3.63, 3.8) is 0 Å². The van der Waals surface area contributed by atoms with Crippen molar-refractivity contribution in [3.8, 4) is 0 Å². The van der Waals surface area contributed by atoms with Crippen molar-refractivity contribution in [3.05, 3.63) is 0 Å². The van der Waals surface area contributed by atoms with Crippen LogP contribution in [0.1, 0.15) is 27.2 Å². The third kappa shape index (κ3) is 6.52. The Labute approximate surface area is 145 Å². The molecule has 1 aliphatic heterocycles. The van der Waals surface area contributed by atoms with Gasteiger partial charge in [0.2, 0.25) is 5.13 Å². The molecule has 0 radical (unpaired) electrons. The highest BCUT2D eigenvalue weighted by atomic mass is 32.2. The Kier molecular flexibility index (Phi) is 6.49. The minimum absolute atomic E-state index is 0.207. The molecule has 0 atom stereocenters. The van der Waals surface area contributed by atoms with Crippen molar-refractivity contribution >= 4 is 34.3 Å². The number of anilines is 1. The van der Waals surface area contributed by atoms with Gasteiger partial charge in [-0.2, -0.15) is 0 Å². The lowest BCUT2D eigenvalue weighted by Crippen LogP contribution is -2.50. The van der Waals surface area contributed by atoms with Gasteiger partial charge in [0.25, 0.3) is 0 Å². The van der Waals surface area contributed by atoms with Crippen LogP contribution in [0.5, 0.6) is 0 Å². The molecule has 0 aromatic carbocycles. The van der Waals surface area contributed by atoms with Gasteiger partial charge in [-0.15, -0.1) is 10.2 Å². The summed E-state index contributed by atoms with van der Waals surface area (Å²) < 4.78 is 6.33. The molecule has 9 heteroatoms. The van der Waals surface area contributed by atoms with E-state index in [9.17, 15) is 4.79 Å². The van der Waals surface area contributed by atoms with E-state index in [1.54, 1.807) is 16.7 Å². The minimum atomic E-state index is -0.431. The van der Waals surface area contributed by atoms with Crippen LogP contribution in [0.15, 0.2) is 4.34 Å². The molecule has 1 aromatic rings. The van der Waals surface area contributed by atoms with E-state index >= 15 is 0 Å². The number of nitrogen functional groups attached to an aromatic ring is 1. The standard InChI is InChI=1S/C14H25N5O2S2/c1-14(2,3)21-13(20)19-8-6-18(7-9-19)5-4-10-22-12-17-16-11(15)23-12/h4-10H2,1-3H3,(H2,15,16). The second-order valence-corrected chi connectivity index (χ2v) is 8.77. The maximum absolute atomic E-state index is 12.0. The van der Waals surface area contributed by atoms with E-state index in [0.717, 1.165) is 49.2 Å². The van der Waals surface area contributed by atoms with Crippen molar-refractivity contribution in [1.82, 2.24) is 20.0 Å². The van der Waals surface area contributed by atoms with Gasteiger partial charge in [-0.05, 0) is 33.7 Å². The third-order valence-corrected chi connectivity index (χ3v) is 5.26. The Morgan fingerprint density at radius 1 is 1.30 bits per heavy atom.